The lowest BCUT2D eigenvalue weighted by Gasteiger charge is -2.38. The molecule has 0 saturated carbocycles. The highest BCUT2D eigenvalue weighted by atomic mass is 16.5. The highest BCUT2D eigenvalue weighted by molar-refractivity contribution is 5.90. The van der Waals surface area contributed by atoms with Crippen LogP contribution in [0.25, 0.3) is 0 Å². The van der Waals surface area contributed by atoms with Crippen molar-refractivity contribution in [3.8, 4) is 0 Å². The van der Waals surface area contributed by atoms with Gasteiger partial charge in [-0.3, -0.25) is 9.59 Å². The van der Waals surface area contributed by atoms with Gasteiger partial charge in [0.25, 0.3) is 5.91 Å². The Morgan fingerprint density at radius 1 is 1.50 bits per heavy atom. The van der Waals surface area contributed by atoms with Crippen LogP contribution in [-0.2, 0) is 14.3 Å². The molecule has 16 heavy (non-hydrogen) atoms. The first kappa shape index (κ1) is 12.9. The fraction of sp³-hybridized carbons (Fsp3) is 0.800. The summed E-state index contributed by atoms with van der Waals surface area (Å²) in [7, 11) is 1.47. The van der Waals surface area contributed by atoms with E-state index in [9.17, 15) is 9.59 Å². The molecule has 0 radical (unpaired) electrons. The molecule has 92 valence electrons. The van der Waals surface area contributed by atoms with Crippen LogP contribution in [-0.4, -0.2) is 55.1 Å². The van der Waals surface area contributed by atoms with Gasteiger partial charge < -0.3 is 20.7 Å². The molecule has 0 aromatic heterocycles. The van der Waals surface area contributed by atoms with Crippen molar-refractivity contribution in [1.29, 1.82) is 0 Å². The molecule has 0 aromatic rings. The molecule has 6 nitrogen and oxygen atoms in total. The van der Waals surface area contributed by atoms with Gasteiger partial charge in [0.2, 0.25) is 5.91 Å². The lowest BCUT2D eigenvalue weighted by molar-refractivity contribution is -0.156. The predicted octanol–water partition coefficient (Wildman–Crippen LogP) is -1.30. The molecule has 1 saturated heterocycles. The molecule has 6 heteroatoms. The van der Waals surface area contributed by atoms with Crippen LogP contribution in [0.5, 0.6) is 0 Å². The largest absolute Gasteiger partial charge is 0.369 e. The van der Waals surface area contributed by atoms with Crippen molar-refractivity contribution < 1.29 is 14.3 Å². The van der Waals surface area contributed by atoms with Crippen molar-refractivity contribution in [3.63, 3.8) is 0 Å². The summed E-state index contributed by atoms with van der Waals surface area (Å²) in [5.74, 6) is -0.701. The summed E-state index contributed by atoms with van der Waals surface area (Å²) in [4.78, 5) is 24.9. The molecule has 2 amide bonds. The third kappa shape index (κ3) is 2.51. The Labute approximate surface area is 95.1 Å². The van der Waals surface area contributed by atoms with E-state index in [2.05, 4.69) is 5.32 Å². The van der Waals surface area contributed by atoms with Crippen LogP contribution in [0.4, 0.5) is 0 Å². The van der Waals surface area contributed by atoms with Crippen LogP contribution in [0.15, 0.2) is 0 Å². The van der Waals surface area contributed by atoms with Gasteiger partial charge in [-0.2, -0.15) is 0 Å². The molecule has 0 aliphatic carbocycles. The van der Waals surface area contributed by atoms with E-state index in [1.165, 1.54) is 12.0 Å². The van der Waals surface area contributed by atoms with Crippen molar-refractivity contribution in [1.82, 2.24) is 10.2 Å². The summed E-state index contributed by atoms with van der Waals surface area (Å²) < 4.78 is 5.12. The molecule has 1 unspecified atom stereocenters. The van der Waals surface area contributed by atoms with Crippen LogP contribution in [0.2, 0.25) is 0 Å². The minimum atomic E-state index is -0.926. The van der Waals surface area contributed by atoms with Gasteiger partial charge in [0.05, 0.1) is 0 Å². The minimum absolute atomic E-state index is 0.208. The molecule has 1 heterocycles. The fourth-order valence-corrected chi connectivity index (χ4v) is 1.63. The second kappa shape index (κ2) is 4.80. The van der Waals surface area contributed by atoms with Crippen LogP contribution in [0, 0.1) is 0 Å². The lowest BCUT2D eigenvalue weighted by atomic mass is 10.0. The number of carbonyl (C=O) groups is 2. The summed E-state index contributed by atoms with van der Waals surface area (Å²) in [5.41, 5.74) is 4.34. The Balaban J connectivity index is 2.83. The van der Waals surface area contributed by atoms with Crippen molar-refractivity contribution >= 4 is 11.8 Å². The number of amides is 2. The van der Waals surface area contributed by atoms with Gasteiger partial charge in [0, 0.05) is 26.7 Å². The Hall–Kier alpha value is -1.14. The Morgan fingerprint density at radius 3 is 2.62 bits per heavy atom. The van der Waals surface area contributed by atoms with Crippen LogP contribution in [0.3, 0.4) is 0 Å². The number of rotatable bonds is 3. The average Bonchev–Trinajstić information content (AvgIpc) is 2.28. The standard InChI is InChI=1S/C10H19N3O3/c1-10(2,16-3)9(15)13-5-4-12-6-7(13)8(11)14/h7,12H,4-6H2,1-3H3,(H2,11,14). The highest BCUT2D eigenvalue weighted by Crippen LogP contribution is 2.15. The number of nitrogens with two attached hydrogens (primary N) is 1. The molecular weight excluding hydrogens is 210 g/mol. The van der Waals surface area contributed by atoms with Crippen molar-refractivity contribution in [2.24, 2.45) is 5.73 Å². The topological polar surface area (TPSA) is 84.7 Å². The smallest absolute Gasteiger partial charge is 0.254 e. The molecule has 0 aromatic carbocycles. The zero-order chi connectivity index (χ0) is 12.3. The number of primary amides is 1. The zero-order valence-corrected chi connectivity index (χ0v) is 9.95. The maximum atomic E-state index is 12.1. The quantitative estimate of drug-likeness (QED) is 0.630. The summed E-state index contributed by atoms with van der Waals surface area (Å²) in [6.07, 6.45) is 0. The SMILES string of the molecule is COC(C)(C)C(=O)N1CCNCC1C(N)=O. The second-order valence-corrected chi connectivity index (χ2v) is 4.34. The number of nitrogens with one attached hydrogen (secondary N) is 1. The molecule has 1 aliphatic heterocycles. The van der Waals surface area contributed by atoms with Gasteiger partial charge in [-0.1, -0.05) is 0 Å². The first-order chi connectivity index (χ1) is 7.40. The average molecular weight is 229 g/mol. The van der Waals surface area contributed by atoms with Crippen molar-refractivity contribution in [2.45, 2.75) is 25.5 Å². The maximum absolute atomic E-state index is 12.1. The zero-order valence-electron chi connectivity index (χ0n) is 9.95. The molecule has 0 bridgehead atoms. The van der Waals surface area contributed by atoms with E-state index < -0.39 is 17.6 Å². The molecule has 1 atom stereocenters. The summed E-state index contributed by atoms with van der Waals surface area (Å²) in [6.45, 7) is 4.89. The second-order valence-electron chi connectivity index (χ2n) is 4.34. The molecular formula is C10H19N3O3. The van der Waals surface area contributed by atoms with E-state index in [0.29, 0.717) is 19.6 Å². The highest BCUT2D eigenvalue weighted by Gasteiger charge is 2.38. The number of hydrogen-bond donors (Lipinski definition) is 2. The van der Waals surface area contributed by atoms with Gasteiger partial charge in [0.1, 0.15) is 11.6 Å². The monoisotopic (exact) mass is 229 g/mol. The first-order valence-corrected chi connectivity index (χ1v) is 5.26. The van der Waals surface area contributed by atoms with E-state index in [0.717, 1.165) is 0 Å². The first-order valence-electron chi connectivity index (χ1n) is 5.26. The van der Waals surface area contributed by atoms with Crippen molar-refractivity contribution in [3.05, 3.63) is 0 Å². The number of piperazine rings is 1. The summed E-state index contributed by atoms with van der Waals surface area (Å²) in [6, 6.07) is -0.587. The van der Waals surface area contributed by atoms with Crippen molar-refractivity contribution in [2.75, 3.05) is 26.7 Å². The van der Waals surface area contributed by atoms with Gasteiger partial charge in [-0.25, -0.2) is 0 Å². The van der Waals surface area contributed by atoms with E-state index in [-0.39, 0.29) is 5.91 Å². The van der Waals surface area contributed by atoms with E-state index >= 15 is 0 Å². The van der Waals surface area contributed by atoms with Gasteiger partial charge in [-0.15, -0.1) is 0 Å². The van der Waals surface area contributed by atoms with Gasteiger partial charge in [-0.05, 0) is 13.8 Å². The molecule has 0 spiro atoms. The third-order valence-corrected chi connectivity index (χ3v) is 2.86. The Kier molecular flexibility index (Phi) is 3.88. The summed E-state index contributed by atoms with van der Waals surface area (Å²) >= 11 is 0. The molecule has 1 rings (SSSR count). The Morgan fingerprint density at radius 2 is 2.12 bits per heavy atom. The summed E-state index contributed by atoms with van der Waals surface area (Å²) in [5, 5.41) is 3.03. The number of carbonyl (C=O) groups excluding carboxylic acids is 2. The molecule has 1 aliphatic rings. The van der Waals surface area contributed by atoms with Gasteiger partial charge in [0.15, 0.2) is 0 Å². The number of nitrogens with zero attached hydrogens (tertiary/aromatic N) is 1. The minimum Gasteiger partial charge on any atom is -0.369 e. The lowest BCUT2D eigenvalue weighted by Crippen LogP contribution is -2.62. The maximum Gasteiger partial charge on any atom is 0.254 e. The third-order valence-electron chi connectivity index (χ3n) is 2.86. The molecule has 1 fully saturated rings. The number of methoxy groups -OCH3 is 1. The van der Waals surface area contributed by atoms with Crippen LogP contribution in [0.1, 0.15) is 13.8 Å². The Bertz CT molecular complexity index is 291. The normalized spacial score (nSPS) is 21.9. The van der Waals surface area contributed by atoms with E-state index in [4.69, 9.17) is 10.5 Å². The number of ether oxygens (including phenoxy) is 1. The van der Waals surface area contributed by atoms with Crippen LogP contribution < -0.4 is 11.1 Å². The predicted molar refractivity (Wildman–Crippen MR) is 58.7 cm³/mol. The van der Waals surface area contributed by atoms with E-state index in [1.54, 1.807) is 13.8 Å². The fourth-order valence-electron chi connectivity index (χ4n) is 1.63. The van der Waals surface area contributed by atoms with E-state index in [1.807, 2.05) is 0 Å². The van der Waals surface area contributed by atoms with Gasteiger partial charge >= 0.3 is 0 Å². The molecule has 3 N–H and O–H groups in total. The number of hydrogen-bond acceptors (Lipinski definition) is 4. The van der Waals surface area contributed by atoms with Crippen LogP contribution >= 0.6 is 0 Å².